The Morgan fingerprint density at radius 2 is 1.79 bits per heavy atom. The van der Waals surface area contributed by atoms with Crippen LogP contribution in [0.25, 0.3) is 33.2 Å². The average molecular weight is 653 g/mol. The van der Waals surface area contributed by atoms with Crippen LogP contribution in [-0.2, 0) is 10.0 Å². The number of nitrogens with zero attached hydrogens (tertiary/aromatic N) is 5. The maximum absolute atomic E-state index is 14.3. The smallest absolute Gasteiger partial charge is 0.269 e. The summed E-state index contributed by atoms with van der Waals surface area (Å²) >= 11 is 0. The maximum Gasteiger partial charge on any atom is 0.269 e. The van der Waals surface area contributed by atoms with Gasteiger partial charge in [-0.1, -0.05) is 36.8 Å². The van der Waals surface area contributed by atoms with E-state index in [0.29, 0.717) is 16.8 Å². The normalized spacial score (nSPS) is 14.2. The van der Waals surface area contributed by atoms with Gasteiger partial charge in [-0.05, 0) is 79.9 Å². The van der Waals surface area contributed by atoms with Crippen LogP contribution in [-0.4, -0.2) is 58.4 Å². The molecule has 6 aromatic rings. The van der Waals surface area contributed by atoms with Gasteiger partial charge < -0.3 is 10.1 Å². The summed E-state index contributed by atoms with van der Waals surface area (Å²) in [5, 5.41) is 3.71. The van der Waals surface area contributed by atoms with Crippen LogP contribution in [0.15, 0.2) is 88.7 Å². The molecule has 0 saturated carbocycles. The molecule has 3 aromatic carbocycles. The summed E-state index contributed by atoms with van der Waals surface area (Å²) in [4.78, 5) is 25.8. The van der Waals surface area contributed by atoms with Crippen LogP contribution in [0.1, 0.15) is 30.9 Å². The van der Waals surface area contributed by atoms with Crippen molar-refractivity contribution in [3.05, 3.63) is 106 Å². The maximum atomic E-state index is 14.3. The van der Waals surface area contributed by atoms with Crippen molar-refractivity contribution in [2.24, 2.45) is 0 Å². The van der Waals surface area contributed by atoms with Gasteiger partial charge in [-0.15, -0.1) is 0 Å². The molecule has 7 rings (SSSR count). The first-order valence-corrected chi connectivity index (χ1v) is 16.8. The fourth-order valence-electron chi connectivity index (χ4n) is 6.11. The number of halogens is 1. The van der Waals surface area contributed by atoms with E-state index in [1.165, 1.54) is 46.5 Å². The third-order valence-electron chi connectivity index (χ3n) is 8.49. The van der Waals surface area contributed by atoms with E-state index in [1.807, 2.05) is 25.1 Å². The highest BCUT2D eigenvalue weighted by molar-refractivity contribution is 7.90. The second kappa shape index (κ2) is 11.9. The summed E-state index contributed by atoms with van der Waals surface area (Å²) in [6, 6.07) is 17.6. The summed E-state index contributed by atoms with van der Waals surface area (Å²) in [5.41, 5.74) is 3.48. The summed E-state index contributed by atoms with van der Waals surface area (Å²) in [6.45, 7) is 6.94. The molecule has 240 valence electrons. The van der Waals surface area contributed by atoms with Crippen LogP contribution in [0.4, 0.5) is 16.0 Å². The van der Waals surface area contributed by atoms with Gasteiger partial charge in [0.1, 0.15) is 11.6 Å². The second-order valence-corrected chi connectivity index (χ2v) is 13.5. The largest absolute Gasteiger partial charge is 0.495 e. The standard InChI is InChI=1S/C35H33FN6O4S/c1-4-16-40-17-5-6-24(21-40)23-9-14-29(31(19-23)46-3)38-35-39-32-28(15-18-41(32)47(44,45)26-11-7-22(2)8-12-26)33-37-30-20-25(36)10-13-27(30)34(43)42(33)35/h6-15,18-20H,4-5,16-17,21H2,1-3H3,(H,38,39). The molecular formula is C35H33FN6O4S. The molecule has 10 nitrogen and oxygen atoms in total. The third kappa shape index (κ3) is 5.43. The van der Waals surface area contributed by atoms with Gasteiger partial charge in [0.2, 0.25) is 5.95 Å². The lowest BCUT2D eigenvalue weighted by molar-refractivity contribution is 0.305. The van der Waals surface area contributed by atoms with E-state index in [-0.39, 0.29) is 33.0 Å². The molecule has 12 heteroatoms. The van der Waals surface area contributed by atoms with Gasteiger partial charge in [0.25, 0.3) is 15.6 Å². The highest BCUT2D eigenvalue weighted by atomic mass is 32.2. The van der Waals surface area contributed by atoms with Crippen LogP contribution in [0.5, 0.6) is 5.75 Å². The Balaban J connectivity index is 1.41. The number of anilines is 2. The zero-order valence-electron chi connectivity index (χ0n) is 26.2. The monoisotopic (exact) mass is 652 g/mol. The number of aryl methyl sites for hydroxylation is 1. The number of ether oxygens (including phenoxy) is 1. The van der Waals surface area contributed by atoms with Crippen molar-refractivity contribution in [3.63, 3.8) is 0 Å². The lowest BCUT2D eigenvalue weighted by Crippen LogP contribution is -2.30. The molecule has 1 aliphatic rings. The fraction of sp³-hybridized carbons (Fsp3) is 0.229. The highest BCUT2D eigenvalue weighted by Crippen LogP contribution is 2.34. The van der Waals surface area contributed by atoms with Gasteiger partial charge in [0.05, 0.1) is 34.0 Å². The summed E-state index contributed by atoms with van der Waals surface area (Å²) in [6.07, 6.45) is 5.68. The lowest BCUT2D eigenvalue weighted by atomic mass is 10.00. The van der Waals surface area contributed by atoms with E-state index in [9.17, 15) is 17.6 Å². The summed E-state index contributed by atoms with van der Waals surface area (Å²) in [5.74, 6) is -0.0161. The summed E-state index contributed by atoms with van der Waals surface area (Å²) < 4.78 is 50.1. The minimum absolute atomic E-state index is 0.0207. The van der Waals surface area contributed by atoms with Crippen molar-refractivity contribution in [1.29, 1.82) is 0 Å². The van der Waals surface area contributed by atoms with Crippen LogP contribution in [0, 0.1) is 12.7 Å². The van der Waals surface area contributed by atoms with Crippen molar-refractivity contribution in [2.75, 3.05) is 32.1 Å². The second-order valence-electron chi connectivity index (χ2n) is 11.7. The highest BCUT2D eigenvalue weighted by Gasteiger charge is 2.24. The number of hydrogen-bond acceptors (Lipinski definition) is 8. The van der Waals surface area contributed by atoms with E-state index >= 15 is 0 Å². The molecule has 4 heterocycles. The van der Waals surface area contributed by atoms with Crippen molar-refractivity contribution in [2.45, 2.75) is 31.6 Å². The predicted molar refractivity (Wildman–Crippen MR) is 182 cm³/mol. The SMILES string of the molecule is CCCN1CCC=C(c2ccc(Nc3nc4c(ccn4S(=O)(=O)c4ccc(C)cc4)c4nc5cc(F)ccc5c(=O)n34)c(OC)c2)C1. The predicted octanol–water partition coefficient (Wildman–Crippen LogP) is 6.13. The zero-order valence-corrected chi connectivity index (χ0v) is 27.0. The van der Waals surface area contributed by atoms with Gasteiger partial charge in [-0.2, -0.15) is 4.98 Å². The molecule has 47 heavy (non-hydrogen) atoms. The Morgan fingerprint density at radius 1 is 0.979 bits per heavy atom. The molecule has 0 fully saturated rings. The first-order valence-electron chi connectivity index (χ1n) is 15.4. The summed E-state index contributed by atoms with van der Waals surface area (Å²) in [7, 11) is -2.52. The van der Waals surface area contributed by atoms with Crippen LogP contribution in [0.3, 0.4) is 0 Å². The molecule has 0 saturated heterocycles. The van der Waals surface area contributed by atoms with E-state index in [1.54, 1.807) is 25.3 Å². The van der Waals surface area contributed by atoms with E-state index in [0.717, 1.165) is 47.6 Å². The van der Waals surface area contributed by atoms with Gasteiger partial charge >= 0.3 is 0 Å². The molecule has 0 atom stereocenters. The minimum atomic E-state index is -4.08. The van der Waals surface area contributed by atoms with Gasteiger partial charge in [-0.25, -0.2) is 26.2 Å². The Labute approximate surface area is 270 Å². The molecular weight excluding hydrogens is 619 g/mol. The lowest BCUT2D eigenvalue weighted by Gasteiger charge is -2.27. The quantitative estimate of drug-likeness (QED) is 0.196. The Hall–Kier alpha value is -5.07. The van der Waals surface area contributed by atoms with Crippen molar-refractivity contribution < 1.29 is 17.5 Å². The third-order valence-corrected chi connectivity index (χ3v) is 10.2. The number of methoxy groups -OCH3 is 1. The average Bonchev–Trinajstić information content (AvgIpc) is 3.50. The van der Waals surface area contributed by atoms with Crippen LogP contribution < -0.4 is 15.6 Å². The molecule has 0 unspecified atom stereocenters. The molecule has 3 aromatic heterocycles. The number of nitrogens with one attached hydrogen (secondary N) is 1. The number of hydrogen-bond donors (Lipinski definition) is 1. The zero-order chi connectivity index (χ0) is 32.9. The number of benzene rings is 3. The molecule has 0 aliphatic carbocycles. The fourth-order valence-corrected chi connectivity index (χ4v) is 7.41. The number of aromatic nitrogens is 4. The molecule has 0 amide bonds. The number of fused-ring (bicyclic) bond motifs is 4. The molecule has 1 aliphatic heterocycles. The molecule has 1 N–H and O–H groups in total. The Bertz CT molecular complexity index is 2380. The van der Waals surface area contributed by atoms with E-state index < -0.39 is 21.4 Å². The Morgan fingerprint density at radius 3 is 2.55 bits per heavy atom. The minimum Gasteiger partial charge on any atom is -0.495 e. The van der Waals surface area contributed by atoms with Crippen molar-refractivity contribution >= 4 is 54.8 Å². The van der Waals surface area contributed by atoms with Crippen molar-refractivity contribution in [3.8, 4) is 5.75 Å². The van der Waals surface area contributed by atoms with Crippen molar-refractivity contribution in [1.82, 2.24) is 23.2 Å². The molecule has 0 bridgehead atoms. The Kier molecular flexibility index (Phi) is 7.77. The van der Waals surface area contributed by atoms with E-state index in [2.05, 4.69) is 28.2 Å². The molecule has 0 radical (unpaired) electrons. The molecule has 0 spiro atoms. The first kappa shape index (κ1) is 30.6. The van der Waals surface area contributed by atoms with Gasteiger partial charge in [0, 0.05) is 25.4 Å². The van der Waals surface area contributed by atoms with Crippen LogP contribution >= 0.6 is 0 Å². The first-order chi connectivity index (χ1) is 22.7. The van der Waals surface area contributed by atoms with Crippen LogP contribution in [0.2, 0.25) is 0 Å². The van der Waals surface area contributed by atoms with Gasteiger partial charge in [0.15, 0.2) is 11.3 Å². The van der Waals surface area contributed by atoms with E-state index in [4.69, 9.17) is 9.72 Å². The topological polar surface area (TPSA) is 111 Å². The van der Waals surface area contributed by atoms with Gasteiger partial charge in [-0.3, -0.25) is 9.69 Å². The number of rotatable bonds is 8.